The van der Waals surface area contributed by atoms with E-state index in [0.717, 1.165) is 18.8 Å². The summed E-state index contributed by atoms with van der Waals surface area (Å²) < 4.78 is 5.89. The monoisotopic (exact) mass is 250 g/mol. The molecule has 0 aliphatic heterocycles. The standard InChI is InChI=1S/C15H26N2O/c1-12-5-6-13(15(2,3)4)14(11-12)18-10-9-17-8-7-16/h5-6,11,17H,7-10,16H2,1-4H3. The Hall–Kier alpha value is -1.06. The van der Waals surface area contributed by atoms with E-state index in [1.807, 2.05) is 0 Å². The summed E-state index contributed by atoms with van der Waals surface area (Å²) in [6.45, 7) is 11.7. The van der Waals surface area contributed by atoms with E-state index in [0.29, 0.717) is 13.2 Å². The van der Waals surface area contributed by atoms with Crippen LogP contribution in [0.1, 0.15) is 31.9 Å². The molecule has 1 rings (SSSR count). The lowest BCUT2D eigenvalue weighted by Crippen LogP contribution is -2.27. The summed E-state index contributed by atoms with van der Waals surface area (Å²) in [5, 5.41) is 3.23. The van der Waals surface area contributed by atoms with Gasteiger partial charge in [-0.25, -0.2) is 0 Å². The minimum atomic E-state index is 0.105. The molecule has 0 amide bonds. The van der Waals surface area contributed by atoms with E-state index in [4.69, 9.17) is 10.5 Å². The van der Waals surface area contributed by atoms with Crippen LogP contribution < -0.4 is 15.8 Å². The summed E-state index contributed by atoms with van der Waals surface area (Å²) in [4.78, 5) is 0. The van der Waals surface area contributed by atoms with Crippen LogP contribution in [0.15, 0.2) is 18.2 Å². The van der Waals surface area contributed by atoms with Gasteiger partial charge in [-0.3, -0.25) is 0 Å². The van der Waals surface area contributed by atoms with Crippen molar-refractivity contribution in [1.82, 2.24) is 5.32 Å². The Labute approximate surface area is 111 Å². The van der Waals surface area contributed by atoms with Crippen molar-refractivity contribution in [1.29, 1.82) is 0 Å². The Morgan fingerprint density at radius 3 is 2.56 bits per heavy atom. The minimum absolute atomic E-state index is 0.105. The SMILES string of the molecule is Cc1ccc(C(C)(C)C)c(OCCNCCN)c1. The molecular formula is C15H26N2O. The van der Waals surface area contributed by atoms with E-state index in [1.165, 1.54) is 11.1 Å². The first-order chi connectivity index (χ1) is 8.45. The van der Waals surface area contributed by atoms with Gasteiger partial charge in [0.25, 0.3) is 0 Å². The van der Waals surface area contributed by atoms with Gasteiger partial charge in [-0.15, -0.1) is 0 Å². The topological polar surface area (TPSA) is 47.3 Å². The van der Waals surface area contributed by atoms with Gasteiger partial charge in [-0.1, -0.05) is 32.9 Å². The summed E-state index contributed by atoms with van der Waals surface area (Å²) in [5.41, 5.74) is 8.01. The van der Waals surface area contributed by atoms with Gasteiger partial charge in [-0.2, -0.15) is 0 Å². The Balaban J connectivity index is 2.65. The predicted octanol–water partition coefficient (Wildman–Crippen LogP) is 2.22. The summed E-state index contributed by atoms with van der Waals surface area (Å²) in [7, 11) is 0. The normalized spacial score (nSPS) is 11.6. The number of nitrogens with one attached hydrogen (secondary N) is 1. The zero-order valence-corrected chi connectivity index (χ0v) is 12.0. The highest BCUT2D eigenvalue weighted by atomic mass is 16.5. The van der Waals surface area contributed by atoms with Crippen LogP contribution in [0.4, 0.5) is 0 Å². The van der Waals surface area contributed by atoms with Crippen LogP contribution in [0.2, 0.25) is 0 Å². The zero-order valence-electron chi connectivity index (χ0n) is 12.0. The molecule has 18 heavy (non-hydrogen) atoms. The fraction of sp³-hybridized carbons (Fsp3) is 0.600. The zero-order chi connectivity index (χ0) is 13.6. The molecule has 0 bridgehead atoms. The highest BCUT2D eigenvalue weighted by Crippen LogP contribution is 2.31. The summed E-state index contributed by atoms with van der Waals surface area (Å²) in [6.07, 6.45) is 0. The molecule has 3 nitrogen and oxygen atoms in total. The lowest BCUT2D eigenvalue weighted by atomic mass is 9.86. The maximum absolute atomic E-state index is 5.89. The van der Waals surface area contributed by atoms with Gasteiger partial charge in [0.1, 0.15) is 12.4 Å². The van der Waals surface area contributed by atoms with Gasteiger partial charge in [0.05, 0.1) is 0 Å². The molecule has 0 atom stereocenters. The Morgan fingerprint density at radius 1 is 1.22 bits per heavy atom. The van der Waals surface area contributed by atoms with E-state index in [-0.39, 0.29) is 5.41 Å². The average Bonchev–Trinajstić information content (AvgIpc) is 2.27. The molecule has 0 fully saturated rings. The second-order valence-electron chi connectivity index (χ2n) is 5.64. The Bertz CT molecular complexity index is 369. The number of hydrogen-bond donors (Lipinski definition) is 2. The molecular weight excluding hydrogens is 224 g/mol. The smallest absolute Gasteiger partial charge is 0.123 e. The summed E-state index contributed by atoms with van der Waals surface area (Å²) >= 11 is 0. The van der Waals surface area contributed by atoms with Gasteiger partial charge in [0.2, 0.25) is 0 Å². The number of rotatable bonds is 6. The van der Waals surface area contributed by atoms with Crippen LogP contribution >= 0.6 is 0 Å². The first kappa shape index (κ1) is 15.0. The Kier molecular flexibility index (Phi) is 5.63. The first-order valence-corrected chi connectivity index (χ1v) is 6.60. The van der Waals surface area contributed by atoms with Gasteiger partial charge >= 0.3 is 0 Å². The number of aryl methyl sites for hydroxylation is 1. The van der Waals surface area contributed by atoms with E-state index in [2.05, 4.69) is 51.2 Å². The molecule has 0 radical (unpaired) electrons. The summed E-state index contributed by atoms with van der Waals surface area (Å²) in [5.74, 6) is 0.997. The fourth-order valence-corrected chi connectivity index (χ4v) is 1.83. The molecule has 3 heteroatoms. The minimum Gasteiger partial charge on any atom is -0.492 e. The quantitative estimate of drug-likeness (QED) is 0.761. The van der Waals surface area contributed by atoms with Crippen molar-refractivity contribution >= 4 is 0 Å². The lowest BCUT2D eigenvalue weighted by molar-refractivity contribution is 0.306. The molecule has 0 aromatic heterocycles. The molecule has 0 spiro atoms. The molecule has 0 saturated carbocycles. The van der Waals surface area contributed by atoms with Crippen LogP contribution in [0.25, 0.3) is 0 Å². The van der Waals surface area contributed by atoms with Crippen LogP contribution in [0.5, 0.6) is 5.75 Å². The van der Waals surface area contributed by atoms with Gasteiger partial charge in [0.15, 0.2) is 0 Å². The second kappa shape index (κ2) is 6.76. The third-order valence-electron chi connectivity index (χ3n) is 2.80. The highest BCUT2D eigenvalue weighted by molar-refractivity contribution is 5.41. The third-order valence-corrected chi connectivity index (χ3v) is 2.80. The van der Waals surface area contributed by atoms with Crippen LogP contribution in [0.3, 0.4) is 0 Å². The molecule has 1 aromatic rings. The van der Waals surface area contributed by atoms with Crippen LogP contribution in [0, 0.1) is 6.92 Å². The molecule has 0 unspecified atom stereocenters. The predicted molar refractivity (Wildman–Crippen MR) is 77.3 cm³/mol. The number of benzene rings is 1. The van der Waals surface area contributed by atoms with E-state index < -0.39 is 0 Å². The lowest BCUT2D eigenvalue weighted by Gasteiger charge is -2.23. The average molecular weight is 250 g/mol. The molecule has 0 aliphatic rings. The fourth-order valence-electron chi connectivity index (χ4n) is 1.83. The Morgan fingerprint density at radius 2 is 1.94 bits per heavy atom. The highest BCUT2D eigenvalue weighted by Gasteiger charge is 2.18. The van der Waals surface area contributed by atoms with Gasteiger partial charge < -0.3 is 15.8 Å². The van der Waals surface area contributed by atoms with Crippen molar-refractivity contribution in [2.45, 2.75) is 33.1 Å². The molecule has 102 valence electrons. The van der Waals surface area contributed by atoms with Crippen molar-refractivity contribution in [2.75, 3.05) is 26.2 Å². The molecule has 3 N–H and O–H groups in total. The maximum atomic E-state index is 5.89. The number of hydrogen-bond acceptors (Lipinski definition) is 3. The van der Waals surface area contributed by atoms with Gasteiger partial charge in [-0.05, 0) is 29.5 Å². The van der Waals surface area contributed by atoms with Crippen LogP contribution in [-0.4, -0.2) is 26.2 Å². The van der Waals surface area contributed by atoms with Crippen molar-refractivity contribution in [3.05, 3.63) is 29.3 Å². The van der Waals surface area contributed by atoms with Crippen molar-refractivity contribution < 1.29 is 4.74 Å². The number of nitrogens with two attached hydrogens (primary N) is 1. The maximum Gasteiger partial charge on any atom is 0.123 e. The van der Waals surface area contributed by atoms with Crippen molar-refractivity contribution in [3.8, 4) is 5.75 Å². The van der Waals surface area contributed by atoms with E-state index in [1.54, 1.807) is 0 Å². The summed E-state index contributed by atoms with van der Waals surface area (Å²) in [6, 6.07) is 6.42. The molecule has 0 heterocycles. The molecule has 1 aromatic carbocycles. The van der Waals surface area contributed by atoms with Crippen LogP contribution in [-0.2, 0) is 5.41 Å². The largest absolute Gasteiger partial charge is 0.492 e. The molecule has 0 saturated heterocycles. The number of ether oxygens (including phenoxy) is 1. The van der Waals surface area contributed by atoms with Crippen molar-refractivity contribution in [2.24, 2.45) is 5.73 Å². The van der Waals surface area contributed by atoms with Gasteiger partial charge in [0, 0.05) is 19.6 Å². The third kappa shape index (κ3) is 4.67. The first-order valence-electron chi connectivity index (χ1n) is 6.60. The second-order valence-corrected chi connectivity index (χ2v) is 5.64. The van der Waals surface area contributed by atoms with E-state index in [9.17, 15) is 0 Å². The molecule has 0 aliphatic carbocycles. The van der Waals surface area contributed by atoms with Crippen molar-refractivity contribution in [3.63, 3.8) is 0 Å². The van der Waals surface area contributed by atoms with E-state index >= 15 is 0 Å².